The maximum atomic E-state index is 12.8. The molecule has 2 aliphatic heterocycles. The van der Waals surface area contributed by atoms with Gasteiger partial charge in [-0.1, -0.05) is 12.1 Å². The van der Waals surface area contributed by atoms with Gasteiger partial charge in [-0.2, -0.15) is 4.31 Å². The lowest BCUT2D eigenvalue weighted by Gasteiger charge is -2.40. The van der Waals surface area contributed by atoms with E-state index in [9.17, 15) is 23.3 Å². The van der Waals surface area contributed by atoms with E-state index in [1.54, 1.807) is 4.90 Å². The molecule has 3 rings (SSSR count). The van der Waals surface area contributed by atoms with Gasteiger partial charge >= 0.3 is 0 Å². The highest BCUT2D eigenvalue weighted by Crippen LogP contribution is 2.28. The zero-order valence-corrected chi connectivity index (χ0v) is 15.6. The molecule has 2 aliphatic rings. The molecule has 10 nitrogen and oxygen atoms in total. The second-order valence-corrected chi connectivity index (χ2v) is 8.60. The third-order valence-electron chi connectivity index (χ3n) is 5.02. The van der Waals surface area contributed by atoms with Gasteiger partial charge in [0.05, 0.1) is 10.5 Å². The van der Waals surface area contributed by atoms with E-state index in [-0.39, 0.29) is 37.0 Å². The number of amides is 1. The van der Waals surface area contributed by atoms with Gasteiger partial charge in [-0.15, -0.1) is 0 Å². The van der Waals surface area contributed by atoms with Crippen LogP contribution in [0, 0.1) is 10.1 Å². The molecule has 11 heteroatoms. The van der Waals surface area contributed by atoms with E-state index in [0.29, 0.717) is 26.1 Å². The van der Waals surface area contributed by atoms with Crippen LogP contribution < -0.4 is 5.73 Å². The number of carbonyl (C=O) groups excluding carboxylic acids is 1. The largest absolute Gasteiger partial charge is 0.381 e. The molecule has 148 valence electrons. The number of piperazine rings is 1. The van der Waals surface area contributed by atoms with E-state index in [1.807, 2.05) is 0 Å². The van der Waals surface area contributed by atoms with E-state index < -0.39 is 26.2 Å². The summed E-state index contributed by atoms with van der Waals surface area (Å²) in [5, 5.41) is 11.1. The number of benzene rings is 1. The van der Waals surface area contributed by atoms with Crippen LogP contribution in [0.2, 0.25) is 0 Å². The van der Waals surface area contributed by atoms with Crippen LogP contribution in [-0.4, -0.2) is 73.4 Å². The Bertz CT molecular complexity index is 829. The first-order valence-corrected chi connectivity index (χ1v) is 10.1. The smallest absolute Gasteiger partial charge is 0.289 e. The van der Waals surface area contributed by atoms with Gasteiger partial charge in [0.2, 0.25) is 15.9 Å². The molecule has 0 spiro atoms. The van der Waals surface area contributed by atoms with Crippen molar-refractivity contribution >= 4 is 21.6 Å². The standard InChI is InChI=1S/C16H22N4O6S/c17-16(5-11-26-12-6-16)15(21)18-7-9-19(10-8-18)27(24,25)14-4-2-1-3-13(14)20(22)23/h1-4H,5-12,17H2. The Hall–Kier alpha value is -2.08. The Morgan fingerprint density at radius 1 is 1.15 bits per heavy atom. The maximum absolute atomic E-state index is 12.8. The van der Waals surface area contributed by atoms with Gasteiger partial charge in [0.15, 0.2) is 4.90 Å². The number of para-hydroxylation sites is 1. The number of carbonyl (C=O) groups is 1. The van der Waals surface area contributed by atoms with E-state index >= 15 is 0 Å². The number of ether oxygens (including phenoxy) is 1. The van der Waals surface area contributed by atoms with Crippen molar-refractivity contribution in [1.29, 1.82) is 0 Å². The quantitative estimate of drug-likeness (QED) is 0.554. The molecule has 2 saturated heterocycles. The van der Waals surface area contributed by atoms with Crippen molar-refractivity contribution in [2.24, 2.45) is 5.73 Å². The van der Waals surface area contributed by atoms with Crippen molar-refractivity contribution < 1.29 is 22.9 Å². The first kappa shape index (κ1) is 19.7. The molecule has 2 heterocycles. The Kier molecular flexibility index (Phi) is 5.47. The summed E-state index contributed by atoms with van der Waals surface area (Å²) in [5.41, 5.74) is 4.79. The summed E-state index contributed by atoms with van der Waals surface area (Å²) in [6.07, 6.45) is 0.862. The van der Waals surface area contributed by atoms with Crippen molar-refractivity contribution in [3.05, 3.63) is 34.4 Å². The summed E-state index contributed by atoms with van der Waals surface area (Å²) in [7, 11) is -4.02. The zero-order chi connectivity index (χ0) is 19.7. The second-order valence-electron chi connectivity index (χ2n) is 6.69. The minimum absolute atomic E-state index is 0.0622. The molecular weight excluding hydrogens is 376 g/mol. The average Bonchev–Trinajstić information content (AvgIpc) is 2.68. The molecule has 1 aromatic rings. The van der Waals surface area contributed by atoms with Crippen LogP contribution in [0.15, 0.2) is 29.2 Å². The van der Waals surface area contributed by atoms with Crippen molar-refractivity contribution in [2.75, 3.05) is 39.4 Å². The van der Waals surface area contributed by atoms with Crippen molar-refractivity contribution in [2.45, 2.75) is 23.3 Å². The van der Waals surface area contributed by atoms with E-state index in [4.69, 9.17) is 10.5 Å². The fourth-order valence-electron chi connectivity index (χ4n) is 3.36. The lowest BCUT2D eigenvalue weighted by atomic mass is 9.89. The third kappa shape index (κ3) is 3.81. The van der Waals surface area contributed by atoms with Crippen molar-refractivity contribution in [3.63, 3.8) is 0 Å². The van der Waals surface area contributed by atoms with Gasteiger partial charge in [0.1, 0.15) is 0 Å². The minimum Gasteiger partial charge on any atom is -0.381 e. The Morgan fingerprint density at radius 2 is 1.74 bits per heavy atom. The van der Waals surface area contributed by atoms with Gasteiger partial charge < -0.3 is 15.4 Å². The summed E-state index contributed by atoms with van der Waals surface area (Å²) in [4.78, 5) is 24.4. The van der Waals surface area contributed by atoms with Gasteiger partial charge in [-0.05, 0) is 18.9 Å². The predicted octanol–water partition coefficient (Wildman–Crippen LogP) is -0.0644. The number of sulfonamides is 1. The lowest BCUT2D eigenvalue weighted by molar-refractivity contribution is -0.387. The summed E-state index contributed by atoms with van der Waals surface area (Å²) in [6.45, 7) is 1.36. The summed E-state index contributed by atoms with van der Waals surface area (Å²) < 4.78 is 32.1. The molecular formula is C16H22N4O6S. The molecule has 0 aromatic heterocycles. The molecule has 0 aliphatic carbocycles. The number of hydrogen-bond donors (Lipinski definition) is 1. The van der Waals surface area contributed by atoms with Gasteiger partial charge in [-0.3, -0.25) is 14.9 Å². The summed E-state index contributed by atoms with van der Waals surface area (Å²) in [6, 6.07) is 5.25. The molecule has 2 N–H and O–H groups in total. The van der Waals surface area contributed by atoms with Crippen molar-refractivity contribution in [3.8, 4) is 0 Å². The number of rotatable bonds is 4. The predicted molar refractivity (Wildman–Crippen MR) is 95.4 cm³/mol. The second kappa shape index (κ2) is 7.50. The monoisotopic (exact) mass is 398 g/mol. The van der Waals surface area contributed by atoms with Crippen LogP contribution in [0.1, 0.15) is 12.8 Å². The average molecular weight is 398 g/mol. The van der Waals surface area contributed by atoms with Crippen LogP contribution in [0.5, 0.6) is 0 Å². The lowest BCUT2D eigenvalue weighted by Crippen LogP contribution is -2.61. The first-order chi connectivity index (χ1) is 12.8. The zero-order valence-electron chi connectivity index (χ0n) is 14.7. The summed E-state index contributed by atoms with van der Waals surface area (Å²) >= 11 is 0. The van der Waals surface area contributed by atoms with E-state index in [2.05, 4.69) is 0 Å². The van der Waals surface area contributed by atoms with Crippen LogP contribution in [-0.2, 0) is 19.6 Å². The van der Waals surface area contributed by atoms with Gasteiger partial charge in [0, 0.05) is 45.5 Å². The molecule has 0 radical (unpaired) electrons. The topological polar surface area (TPSA) is 136 Å². The normalized spacial score (nSPS) is 21.0. The molecule has 27 heavy (non-hydrogen) atoms. The number of nitrogens with two attached hydrogens (primary N) is 1. The fourth-order valence-corrected chi connectivity index (χ4v) is 4.94. The van der Waals surface area contributed by atoms with Crippen LogP contribution in [0.3, 0.4) is 0 Å². The summed E-state index contributed by atoms with van der Waals surface area (Å²) in [5.74, 6) is -0.200. The Morgan fingerprint density at radius 3 is 2.33 bits per heavy atom. The first-order valence-electron chi connectivity index (χ1n) is 8.65. The SMILES string of the molecule is NC1(C(=O)N2CCN(S(=O)(=O)c3ccccc3[N+](=O)[O-])CC2)CCOCC1. The minimum atomic E-state index is -4.02. The molecule has 0 saturated carbocycles. The molecule has 2 fully saturated rings. The van der Waals surface area contributed by atoms with Gasteiger partial charge in [-0.25, -0.2) is 8.42 Å². The molecule has 0 bridgehead atoms. The van der Waals surface area contributed by atoms with Crippen LogP contribution in [0.4, 0.5) is 5.69 Å². The number of hydrogen-bond acceptors (Lipinski definition) is 7. The Labute approximate surface area is 157 Å². The van der Waals surface area contributed by atoms with Crippen LogP contribution in [0.25, 0.3) is 0 Å². The number of nitro groups is 1. The molecule has 1 aromatic carbocycles. The molecule has 1 amide bonds. The van der Waals surface area contributed by atoms with E-state index in [1.165, 1.54) is 22.5 Å². The number of nitrogens with zero attached hydrogens (tertiary/aromatic N) is 3. The highest BCUT2D eigenvalue weighted by Gasteiger charge is 2.41. The molecule has 0 unspecified atom stereocenters. The highest BCUT2D eigenvalue weighted by molar-refractivity contribution is 7.89. The van der Waals surface area contributed by atoms with Gasteiger partial charge in [0.25, 0.3) is 5.69 Å². The number of nitro benzene ring substituents is 1. The maximum Gasteiger partial charge on any atom is 0.289 e. The third-order valence-corrected chi connectivity index (χ3v) is 6.96. The Balaban J connectivity index is 1.72. The fraction of sp³-hybridized carbons (Fsp3) is 0.562. The highest BCUT2D eigenvalue weighted by atomic mass is 32.2. The van der Waals surface area contributed by atoms with E-state index in [0.717, 1.165) is 6.07 Å². The molecule has 0 atom stereocenters. The van der Waals surface area contributed by atoms with Crippen molar-refractivity contribution in [1.82, 2.24) is 9.21 Å². The van der Waals surface area contributed by atoms with Crippen LogP contribution >= 0.6 is 0 Å².